The highest BCUT2D eigenvalue weighted by molar-refractivity contribution is 6.09. The molecule has 0 aliphatic rings. The Bertz CT molecular complexity index is 1270. The highest BCUT2D eigenvalue weighted by atomic mass is 16.5. The van der Waals surface area contributed by atoms with Crippen LogP contribution < -0.4 is 18.9 Å². The molecule has 10 heteroatoms. The summed E-state index contributed by atoms with van der Waals surface area (Å²) in [6.45, 7) is 2.70. The van der Waals surface area contributed by atoms with Crippen LogP contribution in [0.25, 0.3) is 21.9 Å². The number of benzene rings is 2. The zero-order chi connectivity index (χ0) is 25.2. The van der Waals surface area contributed by atoms with Gasteiger partial charge in [0.25, 0.3) is 0 Å². The number of phenols is 2. The number of rotatable bonds is 6. The number of hydrogen-bond acceptors (Lipinski definition) is 10. The predicted octanol–water partition coefficient (Wildman–Crippen LogP) is 4.72. The number of fused-ring (bicyclic) bond motifs is 2. The Morgan fingerprint density at radius 1 is 0.647 bits per heavy atom. The molecule has 180 valence electrons. The normalized spacial score (nSPS) is 10.5. The first-order chi connectivity index (χ1) is 16.2. The van der Waals surface area contributed by atoms with Crippen molar-refractivity contribution in [2.24, 2.45) is 0 Å². The van der Waals surface area contributed by atoms with E-state index in [0.29, 0.717) is 33.4 Å². The van der Waals surface area contributed by atoms with Gasteiger partial charge in [0.2, 0.25) is 11.5 Å². The maximum atomic E-state index is 11.6. The van der Waals surface area contributed by atoms with Gasteiger partial charge in [-0.1, -0.05) is 0 Å². The van der Waals surface area contributed by atoms with E-state index in [1.807, 2.05) is 0 Å². The molecule has 0 unspecified atom stereocenters. The summed E-state index contributed by atoms with van der Waals surface area (Å²) in [5, 5.41) is 21.2. The molecular weight excluding hydrogens is 448 g/mol. The quantitative estimate of drug-likeness (QED) is 0.379. The lowest BCUT2D eigenvalue weighted by Gasteiger charge is -2.12. The molecule has 4 rings (SSSR count). The summed E-state index contributed by atoms with van der Waals surface area (Å²) in [4.78, 5) is 23.1. The number of phenolic OH excluding ortho intramolecular Hbond substituents is 2. The van der Waals surface area contributed by atoms with E-state index in [2.05, 4.69) is 0 Å². The van der Waals surface area contributed by atoms with Gasteiger partial charge in [-0.05, 0) is 26.0 Å². The second-order valence-corrected chi connectivity index (χ2v) is 7.02. The second kappa shape index (κ2) is 9.65. The average molecular weight is 472 g/mol. The fourth-order valence-corrected chi connectivity index (χ4v) is 3.71. The van der Waals surface area contributed by atoms with E-state index < -0.39 is 0 Å². The molecule has 0 aliphatic heterocycles. The summed E-state index contributed by atoms with van der Waals surface area (Å²) in [6, 6.07) is 3.31. The Morgan fingerprint density at radius 2 is 0.971 bits per heavy atom. The van der Waals surface area contributed by atoms with Crippen molar-refractivity contribution in [3.8, 4) is 34.5 Å². The van der Waals surface area contributed by atoms with E-state index in [1.165, 1.54) is 54.8 Å². The molecule has 2 heterocycles. The first-order valence-electron chi connectivity index (χ1n) is 9.93. The number of hydrogen-bond donors (Lipinski definition) is 2. The van der Waals surface area contributed by atoms with E-state index in [1.54, 1.807) is 12.1 Å². The molecule has 0 radical (unpaired) electrons. The van der Waals surface area contributed by atoms with E-state index in [-0.39, 0.29) is 45.7 Å². The molecule has 2 N–H and O–H groups in total. The minimum atomic E-state index is -0.305. The minimum absolute atomic E-state index is 0.0956. The Hall–Kier alpha value is -4.34. The monoisotopic (exact) mass is 472 g/mol. The van der Waals surface area contributed by atoms with Crippen LogP contribution in [-0.4, -0.2) is 50.2 Å². The zero-order valence-corrected chi connectivity index (χ0v) is 19.5. The summed E-state index contributed by atoms with van der Waals surface area (Å²) < 4.78 is 30.9. The Kier molecular flexibility index (Phi) is 6.90. The lowest BCUT2D eigenvalue weighted by molar-refractivity contribution is 0.0998. The van der Waals surface area contributed by atoms with Crippen molar-refractivity contribution in [1.29, 1.82) is 0 Å². The van der Waals surface area contributed by atoms with E-state index >= 15 is 0 Å². The fraction of sp³-hybridized carbons (Fsp3) is 0.250. The van der Waals surface area contributed by atoms with Crippen LogP contribution in [0, 0.1) is 0 Å². The van der Waals surface area contributed by atoms with E-state index in [4.69, 9.17) is 27.8 Å². The van der Waals surface area contributed by atoms with Gasteiger partial charge < -0.3 is 38.0 Å². The molecule has 2 aromatic carbocycles. The van der Waals surface area contributed by atoms with Gasteiger partial charge in [-0.3, -0.25) is 9.59 Å². The van der Waals surface area contributed by atoms with Crippen LogP contribution >= 0.6 is 0 Å². The number of Topliss-reactive ketones (excluding diaryl/α,β-unsaturated/α-hetero) is 2. The number of aromatic hydroxyl groups is 2. The lowest BCUT2D eigenvalue weighted by Crippen LogP contribution is -2.00. The number of furan rings is 2. The molecule has 0 aliphatic carbocycles. The smallest absolute Gasteiger partial charge is 0.205 e. The van der Waals surface area contributed by atoms with E-state index in [9.17, 15) is 19.8 Å². The average Bonchev–Trinajstić information content (AvgIpc) is 3.47. The van der Waals surface area contributed by atoms with Gasteiger partial charge >= 0.3 is 0 Å². The third-order valence-electron chi connectivity index (χ3n) is 5.11. The largest absolute Gasteiger partial charge is 0.504 e. The van der Waals surface area contributed by atoms with Crippen molar-refractivity contribution >= 4 is 33.5 Å². The number of carbonyl (C=O) groups excluding carboxylic acids is 2. The first-order valence-corrected chi connectivity index (χ1v) is 9.93. The highest BCUT2D eigenvalue weighted by Gasteiger charge is 2.26. The van der Waals surface area contributed by atoms with Gasteiger partial charge in [-0.25, -0.2) is 0 Å². The number of methoxy groups -OCH3 is 4. The summed E-state index contributed by atoms with van der Waals surface area (Å²) in [5.74, 6) is -0.286. The minimum Gasteiger partial charge on any atom is -0.504 e. The summed E-state index contributed by atoms with van der Waals surface area (Å²) in [6.07, 6.45) is 2.89. The molecule has 34 heavy (non-hydrogen) atoms. The van der Waals surface area contributed by atoms with Crippen LogP contribution in [0.1, 0.15) is 34.6 Å². The number of ketones is 2. The third kappa shape index (κ3) is 3.83. The zero-order valence-electron chi connectivity index (χ0n) is 19.5. The number of carbonyl (C=O) groups is 2. The summed E-state index contributed by atoms with van der Waals surface area (Å²) in [5.41, 5.74) is 0.898. The van der Waals surface area contributed by atoms with Crippen LogP contribution in [0.2, 0.25) is 0 Å². The molecule has 0 saturated carbocycles. The van der Waals surface area contributed by atoms with Crippen LogP contribution in [0.3, 0.4) is 0 Å². The molecule has 0 spiro atoms. The van der Waals surface area contributed by atoms with Gasteiger partial charge in [0.15, 0.2) is 34.2 Å². The molecule has 0 atom stereocenters. The van der Waals surface area contributed by atoms with Gasteiger partial charge in [-0.15, -0.1) is 0 Å². The Morgan fingerprint density at radius 3 is 1.24 bits per heavy atom. The highest BCUT2D eigenvalue weighted by Crippen LogP contribution is 2.46. The molecular formula is C24H24O10. The third-order valence-corrected chi connectivity index (χ3v) is 5.11. The van der Waals surface area contributed by atoms with Gasteiger partial charge in [0.05, 0.1) is 51.7 Å². The number of ether oxygens (including phenoxy) is 4. The Labute approximate surface area is 194 Å². The fourth-order valence-electron chi connectivity index (χ4n) is 3.71. The van der Waals surface area contributed by atoms with Crippen molar-refractivity contribution in [2.75, 3.05) is 28.4 Å². The topological polar surface area (TPSA) is 138 Å². The maximum absolute atomic E-state index is 11.6. The van der Waals surface area contributed by atoms with Crippen LogP contribution in [-0.2, 0) is 0 Å². The van der Waals surface area contributed by atoms with Crippen molar-refractivity contribution in [2.45, 2.75) is 13.8 Å². The lowest BCUT2D eigenvalue weighted by atomic mass is 10.1. The van der Waals surface area contributed by atoms with Gasteiger partial charge in [0, 0.05) is 0 Å². The second-order valence-electron chi connectivity index (χ2n) is 7.02. The van der Waals surface area contributed by atoms with Crippen LogP contribution in [0.4, 0.5) is 0 Å². The Balaban J connectivity index is 0.000000191. The first kappa shape index (κ1) is 24.3. The molecule has 4 aromatic rings. The maximum Gasteiger partial charge on any atom is 0.205 e. The van der Waals surface area contributed by atoms with Crippen molar-refractivity contribution in [1.82, 2.24) is 0 Å². The summed E-state index contributed by atoms with van der Waals surface area (Å²) in [7, 11) is 5.65. The van der Waals surface area contributed by atoms with Crippen molar-refractivity contribution in [3.63, 3.8) is 0 Å². The molecule has 10 nitrogen and oxygen atoms in total. The van der Waals surface area contributed by atoms with Gasteiger partial charge in [0.1, 0.15) is 22.6 Å². The van der Waals surface area contributed by atoms with E-state index in [0.717, 1.165) is 0 Å². The van der Waals surface area contributed by atoms with Gasteiger partial charge in [-0.2, -0.15) is 0 Å². The molecule has 2 aromatic heterocycles. The van der Waals surface area contributed by atoms with Crippen molar-refractivity contribution < 1.29 is 47.6 Å². The van der Waals surface area contributed by atoms with Crippen LogP contribution in [0.15, 0.2) is 33.5 Å². The standard InChI is InChI=1S/2C12H12O5/c2*1-6(13)8-9(14)12(16-3)11-7(4-5-17-11)10(8)15-2/h2*4-5,14H,1-3H3. The molecule has 0 amide bonds. The molecule has 0 fully saturated rings. The predicted molar refractivity (Wildman–Crippen MR) is 122 cm³/mol. The summed E-state index contributed by atoms with van der Waals surface area (Å²) >= 11 is 0. The van der Waals surface area contributed by atoms with Crippen LogP contribution in [0.5, 0.6) is 34.5 Å². The SMILES string of the molecule is COc1c(C(C)=O)c(O)c(OC)c2occc12.COc1c(C(C)=O)c(O)c(OC)c2occc12. The molecule has 0 bridgehead atoms. The molecule has 0 saturated heterocycles. The van der Waals surface area contributed by atoms with Crippen molar-refractivity contribution in [3.05, 3.63) is 35.8 Å².